The first-order valence-electron chi connectivity index (χ1n) is 8.39. The predicted molar refractivity (Wildman–Crippen MR) is 88.8 cm³/mol. The van der Waals surface area contributed by atoms with Crippen molar-refractivity contribution in [2.24, 2.45) is 5.92 Å². The maximum atomic E-state index is 12.9. The highest BCUT2D eigenvalue weighted by Gasteiger charge is 2.27. The molecule has 128 valence electrons. The van der Waals surface area contributed by atoms with Crippen LogP contribution in [0.3, 0.4) is 0 Å². The Hall–Kier alpha value is -2.44. The van der Waals surface area contributed by atoms with Gasteiger partial charge < -0.3 is 9.64 Å². The van der Waals surface area contributed by atoms with Gasteiger partial charge in [-0.1, -0.05) is 0 Å². The summed E-state index contributed by atoms with van der Waals surface area (Å²) in [6.45, 7) is 6.56. The second-order valence-electron chi connectivity index (χ2n) is 6.12. The monoisotopic (exact) mass is 329 g/mol. The van der Waals surface area contributed by atoms with Crippen LogP contribution < -0.4 is 4.74 Å². The van der Waals surface area contributed by atoms with E-state index < -0.39 is 0 Å². The van der Waals surface area contributed by atoms with Gasteiger partial charge in [0, 0.05) is 25.3 Å². The summed E-state index contributed by atoms with van der Waals surface area (Å²) in [6.07, 6.45) is 5.35. The number of rotatable bonds is 5. The summed E-state index contributed by atoms with van der Waals surface area (Å²) in [5.41, 5.74) is 1.39. The molecule has 1 saturated heterocycles. The summed E-state index contributed by atoms with van der Waals surface area (Å²) in [5, 5.41) is 4.16. The number of aromatic nitrogens is 4. The number of piperidine rings is 1. The summed E-state index contributed by atoms with van der Waals surface area (Å²) in [6, 6.07) is 3.67. The van der Waals surface area contributed by atoms with Gasteiger partial charge in [0.1, 0.15) is 18.2 Å². The highest BCUT2D eigenvalue weighted by Crippen LogP contribution is 2.23. The molecule has 1 aliphatic heterocycles. The minimum atomic E-state index is -0.00533. The number of hydrogen-bond donors (Lipinski definition) is 0. The third-order valence-corrected chi connectivity index (χ3v) is 4.23. The molecule has 0 N–H and O–H groups in total. The molecule has 3 rings (SSSR count). The molecule has 0 bridgehead atoms. The molecule has 0 spiro atoms. The summed E-state index contributed by atoms with van der Waals surface area (Å²) < 4.78 is 7.39. The van der Waals surface area contributed by atoms with Gasteiger partial charge in [-0.2, -0.15) is 5.10 Å². The Morgan fingerprint density at radius 3 is 3.04 bits per heavy atom. The molecular formula is C17H23N5O2. The molecule has 1 atom stereocenters. The molecule has 7 nitrogen and oxygen atoms in total. The molecule has 7 heteroatoms. The Labute approximate surface area is 141 Å². The van der Waals surface area contributed by atoms with E-state index in [1.807, 2.05) is 35.6 Å². The lowest BCUT2D eigenvalue weighted by Crippen LogP contribution is -2.41. The van der Waals surface area contributed by atoms with Gasteiger partial charge in [-0.25, -0.2) is 9.97 Å². The Kier molecular flexibility index (Phi) is 5.08. The maximum absolute atomic E-state index is 12.9. The van der Waals surface area contributed by atoms with Crippen molar-refractivity contribution in [2.75, 3.05) is 19.7 Å². The van der Waals surface area contributed by atoms with Gasteiger partial charge in [-0.3, -0.25) is 9.48 Å². The topological polar surface area (TPSA) is 73.1 Å². The van der Waals surface area contributed by atoms with Gasteiger partial charge in [-0.15, -0.1) is 0 Å². The molecule has 3 heterocycles. The average Bonchev–Trinajstić information content (AvgIpc) is 3.08. The molecule has 0 aromatic carbocycles. The third kappa shape index (κ3) is 3.72. The van der Waals surface area contributed by atoms with Crippen molar-refractivity contribution < 1.29 is 9.53 Å². The van der Waals surface area contributed by atoms with Gasteiger partial charge >= 0.3 is 0 Å². The van der Waals surface area contributed by atoms with E-state index in [9.17, 15) is 4.79 Å². The van der Waals surface area contributed by atoms with E-state index in [1.165, 1.54) is 6.33 Å². The molecule has 1 unspecified atom stereocenters. The third-order valence-electron chi connectivity index (χ3n) is 4.23. The Morgan fingerprint density at radius 2 is 2.29 bits per heavy atom. The van der Waals surface area contributed by atoms with E-state index in [1.54, 1.807) is 6.33 Å². The van der Waals surface area contributed by atoms with Crippen LogP contribution in [0.25, 0.3) is 0 Å². The molecule has 1 amide bonds. The Bertz CT molecular complexity index is 686. The molecule has 2 aromatic heterocycles. The van der Waals surface area contributed by atoms with Crippen LogP contribution in [-0.4, -0.2) is 50.3 Å². The Balaban J connectivity index is 1.72. The minimum absolute atomic E-state index is 0.00533. The van der Waals surface area contributed by atoms with Crippen molar-refractivity contribution in [1.29, 1.82) is 0 Å². The van der Waals surface area contributed by atoms with Crippen LogP contribution in [0.1, 0.15) is 35.8 Å². The molecule has 2 aromatic rings. The van der Waals surface area contributed by atoms with Crippen molar-refractivity contribution in [3.63, 3.8) is 0 Å². The largest absolute Gasteiger partial charge is 0.477 e. The summed E-state index contributed by atoms with van der Waals surface area (Å²) in [5.74, 6) is 0.813. The summed E-state index contributed by atoms with van der Waals surface area (Å²) >= 11 is 0. The van der Waals surface area contributed by atoms with E-state index in [2.05, 4.69) is 15.1 Å². The smallest absolute Gasteiger partial charge is 0.259 e. The fraction of sp³-hybridized carbons (Fsp3) is 0.529. The molecule has 0 saturated carbocycles. The van der Waals surface area contributed by atoms with Gasteiger partial charge in [0.15, 0.2) is 0 Å². The fourth-order valence-electron chi connectivity index (χ4n) is 3.10. The summed E-state index contributed by atoms with van der Waals surface area (Å²) in [4.78, 5) is 23.2. The van der Waals surface area contributed by atoms with Gasteiger partial charge in [0.25, 0.3) is 5.91 Å². The predicted octanol–water partition coefficient (Wildman–Crippen LogP) is 1.93. The molecule has 1 aliphatic rings. The lowest BCUT2D eigenvalue weighted by molar-refractivity contribution is 0.0654. The minimum Gasteiger partial charge on any atom is -0.477 e. The lowest BCUT2D eigenvalue weighted by Gasteiger charge is -2.33. The van der Waals surface area contributed by atoms with Gasteiger partial charge in [0.05, 0.1) is 6.61 Å². The quantitative estimate of drug-likeness (QED) is 0.838. The van der Waals surface area contributed by atoms with E-state index in [-0.39, 0.29) is 5.91 Å². The number of amides is 1. The molecule has 0 aliphatic carbocycles. The van der Waals surface area contributed by atoms with Crippen LogP contribution in [0, 0.1) is 12.8 Å². The highest BCUT2D eigenvalue weighted by atomic mass is 16.5. The van der Waals surface area contributed by atoms with Crippen LogP contribution in [0.15, 0.2) is 24.8 Å². The molecule has 0 radical (unpaired) electrons. The molecular weight excluding hydrogens is 306 g/mol. The van der Waals surface area contributed by atoms with Crippen molar-refractivity contribution >= 4 is 5.91 Å². The van der Waals surface area contributed by atoms with Gasteiger partial charge in [-0.05, 0) is 44.7 Å². The molecule has 1 fully saturated rings. The number of hydrogen-bond acceptors (Lipinski definition) is 5. The first-order valence-corrected chi connectivity index (χ1v) is 8.39. The average molecular weight is 329 g/mol. The zero-order chi connectivity index (χ0) is 16.9. The van der Waals surface area contributed by atoms with Crippen LogP contribution in [-0.2, 0) is 6.54 Å². The standard InChI is InChI=1S/C17H23N5O2/c1-3-24-16-15(7-6-13(2)20-16)17(23)21-8-4-5-14(9-21)10-22-12-18-11-19-22/h6-7,11-12,14H,3-5,8-10H2,1-2H3. The van der Waals surface area contributed by atoms with E-state index in [4.69, 9.17) is 4.74 Å². The lowest BCUT2D eigenvalue weighted by atomic mass is 9.97. The zero-order valence-corrected chi connectivity index (χ0v) is 14.2. The van der Waals surface area contributed by atoms with E-state index in [0.29, 0.717) is 24.0 Å². The normalized spacial score (nSPS) is 17.8. The van der Waals surface area contributed by atoms with Crippen LogP contribution >= 0.6 is 0 Å². The first-order chi connectivity index (χ1) is 11.7. The summed E-state index contributed by atoms with van der Waals surface area (Å²) in [7, 11) is 0. The van der Waals surface area contributed by atoms with Crippen molar-refractivity contribution in [2.45, 2.75) is 33.2 Å². The van der Waals surface area contributed by atoms with Crippen LogP contribution in [0.4, 0.5) is 0 Å². The van der Waals surface area contributed by atoms with E-state index >= 15 is 0 Å². The number of carbonyl (C=O) groups excluding carboxylic acids is 1. The maximum Gasteiger partial charge on any atom is 0.259 e. The number of carbonyl (C=O) groups is 1. The highest BCUT2D eigenvalue weighted by molar-refractivity contribution is 5.96. The second kappa shape index (κ2) is 7.42. The molecule has 24 heavy (non-hydrogen) atoms. The Morgan fingerprint density at radius 1 is 1.42 bits per heavy atom. The van der Waals surface area contributed by atoms with Gasteiger partial charge in [0.2, 0.25) is 5.88 Å². The second-order valence-corrected chi connectivity index (χ2v) is 6.12. The van der Waals surface area contributed by atoms with E-state index in [0.717, 1.165) is 38.2 Å². The fourth-order valence-corrected chi connectivity index (χ4v) is 3.10. The SMILES string of the molecule is CCOc1nc(C)ccc1C(=O)N1CCCC(Cn2cncn2)C1. The van der Waals surface area contributed by atoms with Crippen LogP contribution in [0.2, 0.25) is 0 Å². The number of pyridine rings is 1. The number of aryl methyl sites for hydroxylation is 1. The van der Waals surface area contributed by atoms with Crippen molar-refractivity contribution in [3.05, 3.63) is 36.0 Å². The van der Waals surface area contributed by atoms with Crippen LogP contribution in [0.5, 0.6) is 5.88 Å². The van der Waals surface area contributed by atoms with Crippen molar-refractivity contribution in [3.8, 4) is 5.88 Å². The number of nitrogens with zero attached hydrogens (tertiary/aromatic N) is 5. The first kappa shape index (κ1) is 16.4. The number of likely N-dealkylation sites (tertiary alicyclic amines) is 1. The zero-order valence-electron chi connectivity index (χ0n) is 14.2. The number of ether oxygens (including phenoxy) is 1. The van der Waals surface area contributed by atoms with Crippen molar-refractivity contribution in [1.82, 2.24) is 24.6 Å².